The van der Waals surface area contributed by atoms with Crippen LogP contribution in [-0.2, 0) is 22.1 Å². The zero-order chi connectivity index (χ0) is 21.8. The summed E-state index contributed by atoms with van der Waals surface area (Å²) in [6, 6.07) is 5.08. The van der Waals surface area contributed by atoms with Crippen molar-refractivity contribution in [2.75, 3.05) is 18.6 Å². The quantitative estimate of drug-likeness (QED) is 0.429. The fraction of sp³-hybridized carbons (Fsp3) is 0.429. The maximum atomic E-state index is 12.5. The van der Waals surface area contributed by atoms with Crippen molar-refractivity contribution in [3.63, 3.8) is 0 Å². The molecule has 2 heterocycles. The second-order valence-electron chi connectivity index (χ2n) is 7.21. The van der Waals surface area contributed by atoms with E-state index in [4.69, 9.17) is 38.7 Å². The number of halogens is 2. The third kappa shape index (κ3) is 4.97. The van der Waals surface area contributed by atoms with Gasteiger partial charge in [-0.05, 0) is 50.5 Å². The number of nitrogens with two attached hydrogens (primary N) is 1. The topological polar surface area (TPSA) is 83.0 Å². The number of fused-ring (bicyclic) bond motifs is 1. The number of rotatable bonds is 9. The molecule has 0 amide bonds. The highest BCUT2D eigenvalue weighted by Gasteiger charge is 2.19. The summed E-state index contributed by atoms with van der Waals surface area (Å²) in [7, 11) is 0.527. The van der Waals surface area contributed by atoms with E-state index >= 15 is 0 Å². The third-order valence-corrected chi connectivity index (χ3v) is 7.24. The molecule has 0 aliphatic rings. The lowest BCUT2D eigenvalue weighted by Gasteiger charge is -2.14. The molecular weight excluding hydrogens is 443 g/mol. The summed E-state index contributed by atoms with van der Waals surface area (Å²) in [6.07, 6.45) is 4.29. The Balaban J connectivity index is 1.66. The zero-order valence-corrected chi connectivity index (χ0v) is 19.7. The number of pyridine rings is 1. The van der Waals surface area contributed by atoms with Gasteiger partial charge in [0.25, 0.3) is 0 Å². The largest absolute Gasteiger partial charge is 0.382 e. The summed E-state index contributed by atoms with van der Waals surface area (Å²) in [5.41, 5.74) is 8.80. The Labute approximate surface area is 189 Å². The molecular formula is C21H26Cl2N4O2S. The molecule has 3 aromatic rings. The maximum absolute atomic E-state index is 12.5. The number of ether oxygens (including phenoxy) is 1. The number of hydrogen-bond acceptors (Lipinski definition) is 5. The molecule has 3 rings (SSSR count). The molecule has 2 aromatic heterocycles. The van der Waals surface area contributed by atoms with Crippen LogP contribution in [-0.4, -0.2) is 31.6 Å². The van der Waals surface area contributed by atoms with E-state index in [1.165, 1.54) is 0 Å². The summed E-state index contributed by atoms with van der Waals surface area (Å²) < 4.78 is 20.2. The second-order valence-corrected chi connectivity index (χ2v) is 9.59. The van der Waals surface area contributed by atoms with Crippen LogP contribution in [0.25, 0.3) is 11.0 Å². The second kappa shape index (κ2) is 10.1. The van der Waals surface area contributed by atoms with E-state index in [0.717, 1.165) is 42.7 Å². The minimum absolute atomic E-state index is 0.157. The molecule has 0 aliphatic carbocycles. The van der Waals surface area contributed by atoms with Crippen LogP contribution in [0.15, 0.2) is 29.3 Å². The van der Waals surface area contributed by atoms with E-state index in [0.29, 0.717) is 32.0 Å². The fourth-order valence-electron chi connectivity index (χ4n) is 3.43. The predicted molar refractivity (Wildman–Crippen MR) is 124 cm³/mol. The monoisotopic (exact) mass is 468 g/mol. The number of aryl methyl sites for hydroxylation is 2. The average Bonchev–Trinajstić information content (AvgIpc) is 3.10. The predicted octanol–water partition coefficient (Wildman–Crippen LogP) is 5.31. The van der Waals surface area contributed by atoms with Crippen LogP contribution in [0.5, 0.6) is 0 Å². The van der Waals surface area contributed by atoms with Crippen molar-refractivity contribution in [2.45, 2.75) is 50.7 Å². The number of hydrogen-bond donors (Lipinski definition) is 1. The van der Waals surface area contributed by atoms with Crippen LogP contribution in [0.4, 0.5) is 5.82 Å². The number of nitrogen functional groups attached to an aromatic ring is 1. The molecule has 2 N–H and O–H groups in total. The minimum atomic E-state index is -1.14. The number of anilines is 1. The van der Waals surface area contributed by atoms with Gasteiger partial charge in [0, 0.05) is 30.6 Å². The van der Waals surface area contributed by atoms with Gasteiger partial charge in [-0.1, -0.05) is 29.6 Å². The molecule has 1 aromatic carbocycles. The Morgan fingerprint density at radius 2 is 2.03 bits per heavy atom. The van der Waals surface area contributed by atoms with Gasteiger partial charge in [0.05, 0.1) is 26.2 Å². The molecule has 0 spiro atoms. The first-order valence-electron chi connectivity index (χ1n) is 9.81. The smallest absolute Gasteiger partial charge is 0.151 e. The van der Waals surface area contributed by atoms with Crippen molar-refractivity contribution < 1.29 is 8.95 Å². The summed E-state index contributed by atoms with van der Waals surface area (Å²) in [5, 5.41) is 0.992. The zero-order valence-electron chi connectivity index (χ0n) is 17.3. The molecule has 0 saturated heterocycles. The minimum Gasteiger partial charge on any atom is -0.382 e. The molecule has 0 aliphatic heterocycles. The highest BCUT2D eigenvalue weighted by Crippen LogP contribution is 2.28. The molecule has 2 atom stereocenters. The van der Waals surface area contributed by atoms with E-state index in [9.17, 15) is 4.21 Å². The van der Waals surface area contributed by atoms with Crippen LogP contribution in [0.3, 0.4) is 0 Å². The van der Waals surface area contributed by atoms with Crippen molar-refractivity contribution >= 4 is 50.9 Å². The number of unbranched alkanes of at least 4 members (excludes halogenated alkanes) is 2. The number of imidazole rings is 1. The Morgan fingerprint density at radius 3 is 2.73 bits per heavy atom. The van der Waals surface area contributed by atoms with E-state index in [1.807, 2.05) is 13.8 Å². The highest BCUT2D eigenvalue weighted by molar-refractivity contribution is 7.85. The first kappa shape index (κ1) is 23.0. The Morgan fingerprint density at radius 1 is 1.27 bits per heavy atom. The first-order valence-corrected chi connectivity index (χ1v) is 11.9. The fourth-order valence-corrected chi connectivity index (χ4v) is 5.28. The molecule has 162 valence electrons. The van der Waals surface area contributed by atoms with Gasteiger partial charge in [-0.3, -0.25) is 4.21 Å². The van der Waals surface area contributed by atoms with Crippen LogP contribution < -0.4 is 5.73 Å². The molecule has 0 fully saturated rings. The van der Waals surface area contributed by atoms with Crippen molar-refractivity contribution in [2.24, 2.45) is 0 Å². The number of benzene rings is 1. The Bertz CT molecular complexity index is 1070. The van der Waals surface area contributed by atoms with Crippen molar-refractivity contribution in [1.82, 2.24) is 14.5 Å². The van der Waals surface area contributed by atoms with Crippen LogP contribution in [0, 0.1) is 6.92 Å². The van der Waals surface area contributed by atoms with Gasteiger partial charge in [0.2, 0.25) is 0 Å². The highest BCUT2D eigenvalue weighted by atomic mass is 35.5. The summed E-state index contributed by atoms with van der Waals surface area (Å²) in [5.74, 6) is 1.82. The maximum Gasteiger partial charge on any atom is 0.151 e. The normalized spacial score (nSPS) is 13.6. The third-order valence-electron chi connectivity index (χ3n) is 5.08. The molecule has 0 radical (unpaired) electrons. The van der Waals surface area contributed by atoms with Gasteiger partial charge in [0.1, 0.15) is 17.4 Å². The summed E-state index contributed by atoms with van der Waals surface area (Å²) in [4.78, 5) is 9.56. The lowest BCUT2D eigenvalue weighted by molar-refractivity contribution is 0.109. The Hall–Kier alpha value is -1.67. The summed E-state index contributed by atoms with van der Waals surface area (Å²) in [6.45, 7) is 4.75. The molecule has 6 nitrogen and oxygen atoms in total. The van der Waals surface area contributed by atoms with E-state index in [1.54, 1.807) is 31.5 Å². The molecule has 0 saturated carbocycles. The van der Waals surface area contributed by atoms with Gasteiger partial charge in [-0.2, -0.15) is 0 Å². The summed E-state index contributed by atoms with van der Waals surface area (Å²) >= 11 is 12.1. The van der Waals surface area contributed by atoms with E-state index in [-0.39, 0.29) is 6.10 Å². The number of aromatic nitrogens is 3. The van der Waals surface area contributed by atoms with Gasteiger partial charge in [-0.25, -0.2) is 9.97 Å². The Kier molecular flexibility index (Phi) is 7.74. The van der Waals surface area contributed by atoms with Crippen molar-refractivity contribution in [3.8, 4) is 0 Å². The van der Waals surface area contributed by atoms with Gasteiger partial charge >= 0.3 is 0 Å². The molecule has 2 unspecified atom stereocenters. The molecule has 30 heavy (non-hydrogen) atoms. The number of methoxy groups -OCH3 is 1. The van der Waals surface area contributed by atoms with Crippen LogP contribution in [0.1, 0.15) is 43.7 Å². The van der Waals surface area contributed by atoms with Crippen molar-refractivity contribution in [3.05, 3.63) is 45.8 Å². The average molecular weight is 469 g/mol. The van der Waals surface area contributed by atoms with Crippen molar-refractivity contribution in [1.29, 1.82) is 0 Å². The lowest BCUT2D eigenvalue weighted by Crippen LogP contribution is -2.09. The first-order chi connectivity index (χ1) is 14.3. The van der Waals surface area contributed by atoms with Gasteiger partial charge in [-0.15, -0.1) is 0 Å². The van der Waals surface area contributed by atoms with Gasteiger partial charge < -0.3 is 15.0 Å². The standard InChI is InChI=1S/C21H26Cl2N4O2S/c1-13-12-25-20(24)18-19(13)27(21(26-18)14(2)29-3)9-5-4-6-10-30(28)17-8-7-15(22)11-16(17)23/h7-8,11-12,14H,4-6,9-10H2,1-3H3,(H2,24,25). The molecule has 9 heteroatoms. The van der Waals surface area contributed by atoms with E-state index < -0.39 is 10.8 Å². The van der Waals surface area contributed by atoms with Gasteiger partial charge in [0.15, 0.2) is 5.82 Å². The lowest BCUT2D eigenvalue weighted by atomic mass is 10.2. The van der Waals surface area contributed by atoms with Crippen LogP contribution in [0.2, 0.25) is 10.0 Å². The number of nitrogens with zero attached hydrogens (tertiary/aromatic N) is 3. The SMILES string of the molecule is COC(C)c1nc2c(N)ncc(C)c2n1CCCCCS(=O)c1ccc(Cl)cc1Cl. The molecule has 0 bridgehead atoms. The van der Waals surface area contributed by atoms with E-state index in [2.05, 4.69) is 9.55 Å². The van der Waals surface area contributed by atoms with Crippen LogP contribution >= 0.6 is 23.2 Å².